The highest BCUT2D eigenvalue weighted by Crippen LogP contribution is 2.22. The highest BCUT2D eigenvalue weighted by Gasteiger charge is 2.27. The Morgan fingerprint density at radius 1 is 1.25 bits per heavy atom. The molecule has 0 radical (unpaired) electrons. The number of amides is 1. The van der Waals surface area contributed by atoms with Crippen molar-refractivity contribution in [2.45, 2.75) is 32.5 Å². The molecule has 0 aliphatic rings. The van der Waals surface area contributed by atoms with E-state index >= 15 is 0 Å². The third-order valence-corrected chi connectivity index (χ3v) is 2.49. The van der Waals surface area contributed by atoms with E-state index in [0.29, 0.717) is 12.2 Å². The molecule has 0 aliphatic carbocycles. The van der Waals surface area contributed by atoms with Crippen LogP contribution in [0.1, 0.15) is 25.3 Å². The SMILES string of the molecule is CCNCc1ccccc1NC(=O)CCC(F)(F)F.Cl. The summed E-state index contributed by atoms with van der Waals surface area (Å²) in [4.78, 5) is 11.5. The van der Waals surface area contributed by atoms with E-state index in [1.54, 1.807) is 12.1 Å². The van der Waals surface area contributed by atoms with Crippen molar-refractivity contribution in [2.24, 2.45) is 0 Å². The zero-order valence-electron chi connectivity index (χ0n) is 11.1. The van der Waals surface area contributed by atoms with Gasteiger partial charge in [-0.05, 0) is 18.2 Å². The molecule has 2 N–H and O–H groups in total. The predicted octanol–water partition coefficient (Wildman–Crippen LogP) is 3.50. The van der Waals surface area contributed by atoms with Crippen LogP contribution in [-0.4, -0.2) is 18.6 Å². The first-order valence-corrected chi connectivity index (χ1v) is 6.07. The van der Waals surface area contributed by atoms with Crippen LogP contribution < -0.4 is 10.6 Å². The number of carbonyl (C=O) groups is 1. The minimum absolute atomic E-state index is 0. The molecule has 0 unspecified atom stereocenters. The normalized spacial score (nSPS) is 10.8. The monoisotopic (exact) mass is 310 g/mol. The van der Waals surface area contributed by atoms with Crippen molar-refractivity contribution in [2.75, 3.05) is 11.9 Å². The van der Waals surface area contributed by atoms with Crippen molar-refractivity contribution in [1.82, 2.24) is 5.32 Å². The lowest BCUT2D eigenvalue weighted by molar-refractivity contribution is -0.142. The van der Waals surface area contributed by atoms with Gasteiger partial charge < -0.3 is 10.6 Å². The van der Waals surface area contributed by atoms with E-state index < -0.39 is 24.9 Å². The highest BCUT2D eigenvalue weighted by atomic mass is 35.5. The Morgan fingerprint density at radius 3 is 2.50 bits per heavy atom. The van der Waals surface area contributed by atoms with Crippen LogP contribution >= 0.6 is 12.4 Å². The average Bonchev–Trinajstić information content (AvgIpc) is 2.34. The molecule has 0 bridgehead atoms. The molecule has 0 fully saturated rings. The van der Waals surface area contributed by atoms with Gasteiger partial charge in [0.15, 0.2) is 0 Å². The molecule has 1 aromatic carbocycles. The minimum atomic E-state index is -4.30. The zero-order valence-corrected chi connectivity index (χ0v) is 11.9. The van der Waals surface area contributed by atoms with Crippen molar-refractivity contribution in [3.63, 3.8) is 0 Å². The maximum atomic E-state index is 12.0. The lowest BCUT2D eigenvalue weighted by Crippen LogP contribution is -2.19. The molecule has 3 nitrogen and oxygen atoms in total. The number of anilines is 1. The molecule has 0 heterocycles. The number of hydrogen-bond donors (Lipinski definition) is 2. The van der Waals surface area contributed by atoms with Crippen LogP contribution in [-0.2, 0) is 11.3 Å². The zero-order chi connectivity index (χ0) is 14.3. The Morgan fingerprint density at radius 2 is 1.90 bits per heavy atom. The van der Waals surface area contributed by atoms with Crippen LogP contribution in [0.2, 0.25) is 0 Å². The van der Waals surface area contributed by atoms with Gasteiger partial charge >= 0.3 is 6.18 Å². The number of alkyl halides is 3. The average molecular weight is 311 g/mol. The Hall–Kier alpha value is -1.27. The number of benzene rings is 1. The van der Waals surface area contributed by atoms with Crippen LogP contribution in [0.3, 0.4) is 0 Å². The Balaban J connectivity index is 0.00000361. The molecule has 1 rings (SSSR count). The van der Waals surface area contributed by atoms with E-state index in [1.165, 1.54) is 0 Å². The van der Waals surface area contributed by atoms with E-state index in [1.807, 2.05) is 19.1 Å². The van der Waals surface area contributed by atoms with Crippen LogP contribution in [0.5, 0.6) is 0 Å². The predicted molar refractivity (Wildman–Crippen MR) is 75.0 cm³/mol. The molecule has 0 saturated heterocycles. The van der Waals surface area contributed by atoms with Crippen LogP contribution in [0.4, 0.5) is 18.9 Å². The molecule has 1 aromatic rings. The van der Waals surface area contributed by atoms with Crippen molar-refractivity contribution in [1.29, 1.82) is 0 Å². The fraction of sp³-hybridized carbons (Fsp3) is 0.462. The first-order valence-electron chi connectivity index (χ1n) is 6.07. The minimum Gasteiger partial charge on any atom is -0.326 e. The van der Waals surface area contributed by atoms with Gasteiger partial charge in [-0.2, -0.15) is 13.2 Å². The molecule has 0 aromatic heterocycles. The number of halogens is 4. The number of carbonyl (C=O) groups excluding carboxylic acids is 1. The summed E-state index contributed by atoms with van der Waals surface area (Å²) < 4.78 is 36.0. The van der Waals surface area contributed by atoms with Crippen molar-refractivity contribution in [3.8, 4) is 0 Å². The molecule has 0 saturated carbocycles. The largest absolute Gasteiger partial charge is 0.389 e. The summed E-state index contributed by atoms with van der Waals surface area (Å²) in [5.41, 5.74) is 1.40. The van der Waals surface area contributed by atoms with Gasteiger partial charge in [0.2, 0.25) is 5.91 Å². The fourth-order valence-electron chi connectivity index (χ4n) is 1.52. The third-order valence-electron chi connectivity index (χ3n) is 2.49. The summed E-state index contributed by atoms with van der Waals surface area (Å²) in [5, 5.41) is 5.62. The van der Waals surface area contributed by atoms with Gasteiger partial charge in [0.05, 0.1) is 6.42 Å². The number of para-hydroxylation sites is 1. The number of nitrogens with one attached hydrogen (secondary N) is 2. The topological polar surface area (TPSA) is 41.1 Å². The standard InChI is InChI=1S/C13H17F3N2O.ClH/c1-2-17-9-10-5-3-4-6-11(10)18-12(19)7-8-13(14,15)16;/h3-6,17H,2,7-9H2,1H3,(H,18,19);1H. The van der Waals surface area contributed by atoms with Crippen LogP contribution in [0.25, 0.3) is 0 Å². The number of rotatable bonds is 6. The summed E-state index contributed by atoms with van der Waals surface area (Å²) in [6.07, 6.45) is -5.96. The number of hydrogen-bond acceptors (Lipinski definition) is 2. The summed E-state index contributed by atoms with van der Waals surface area (Å²) >= 11 is 0. The second-order valence-corrected chi connectivity index (χ2v) is 4.10. The van der Waals surface area contributed by atoms with Gasteiger partial charge in [0.1, 0.15) is 0 Å². The van der Waals surface area contributed by atoms with Gasteiger partial charge in [-0.1, -0.05) is 25.1 Å². The molecule has 0 atom stereocenters. The first-order chi connectivity index (χ1) is 8.92. The van der Waals surface area contributed by atoms with Crippen molar-refractivity contribution < 1.29 is 18.0 Å². The second kappa shape index (κ2) is 8.81. The van der Waals surface area contributed by atoms with Gasteiger partial charge in [0.25, 0.3) is 0 Å². The van der Waals surface area contributed by atoms with E-state index in [0.717, 1.165) is 12.1 Å². The van der Waals surface area contributed by atoms with Crippen molar-refractivity contribution in [3.05, 3.63) is 29.8 Å². The van der Waals surface area contributed by atoms with Crippen molar-refractivity contribution >= 4 is 24.0 Å². The van der Waals surface area contributed by atoms with E-state index in [9.17, 15) is 18.0 Å². The van der Waals surface area contributed by atoms with E-state index in [2.05, 4.69) is 10.6 Å². The molecule has 0 spiro atoms. The molecule has 0 aliphatic heterocycles. The highest BCUT2D eigenvalue weighted by molar-refractivity contribution is 5.91. The maximum Gasteiger partial charge on any atom is 0.389 e. The maximum absolute atomic E-state index is 12.0. The van der Waals surface area contributed by atoms with E-state index in [-0.39, 0.29) is 12.4 Å². The molecular weight excluding hydrogens is 293 g/mol. The quantitative estimate of drug-likeness (QED) is 0.844. The molecular formula is C13H18ClF3N2O. The molecule has 1 amide bonds. The first kappa shape index (κ1) is 18.7. The molecule has 114 valence electrons. The van der Waals surface area contributed by atoms with Gasteiger partial charge in [0, 0.05) is 18.7 Å². The Labute approximate surface area is 122 Å². The smallest absolute Gasteiger partial charge is 0.326 e. The summed E-state index contributed by atoms with van der Waals surface area (Å²) in [6, 6.07) is 7.05. The fourth-order valence-corrected chi connectivity index (χ4v) is 1.52. The van der Waals surface area contributed by atoms with Crippen LogP contribution in [0.15, 0.2) is 24.3 Å². The van der Waals surface area contributed by atoms with Crippen LogP contribution in [0, 0.1) is 0 Å². The molecule has 20 heavy (non-hydrogen) atoms. The van der Waals surface area contributed by atoms with Gasteiger partial charge in [-0.25, -0.2) is 0 Å². The third kappa shape index (κ3) is 7.35. The Kier molecular flexibility index (Phi) is 8.25. The van der Waals surface area contributed by atoms with Gasteiger partial charge in [-0.15, -0.1) is 12.4 Å². The van der Waals surface area contributed by atoms with E-state index in [4.69, 9.17) is 0 Å². The summed E-state index contributed by atoms with van der Waals surface area (Å²) in [7, 11) is 0. The summed E-state index contributed by atoms with van der Waals surface area (Å²) in [5.74, 6) is -0.624. The summed E-state index contributed by atoms with van der Waals surface area (Å²) in [6.45, 7) is 3.28. The Bertz CT molecular complexity index is 424. The lowest BCUT2D eigenvalue weighted by Gasteiger charge is -2.12. The lowest BCUT2D eigenvalue weighted by atomic mass is 10.1. The second-order valence-electron chi connectivity index (χ2n) is 4.10. The van der Waals surface area contributed by atoms with Gasteiger partial charge in [-0.3, -0.25) is 4.79 Å². The molecule has 7 heteroatoms.